The van der Waals surface area contributed by atoms with Crippen LogP contribution < -0.4 is 5.32 Å². The van der Waals surface area contributed by atoms with Gasteiger partial charge in [0.1, 0.15) is 0 Å². The van der Waals surface area contributed by atoms with E-state index in [-0.39, 0.29) is 0 Å². The summed E-state index contributed by atoms with van der Waals surface area (Å²) < 4.78 is 0. The largest absolute Gasteiger partial charge is 0.306 e. The third-order valence-corrected chi connectivity index (χ3v) is 3.58. The molecule has 2 aromatic rings. The van der Waals surface area contributed by atoms with Crippen molar-refractivity contribution in [1.29, 1.82) is 0 Å². The van der Waals surface area contributed by atoms with E-state index < -0.39 is 0 Å². The molecule has 0 amide bonds. The van der Waals surface area contributed by atoms with Crippen molar-refractivity contribution in [2.45, 2.75) is 39.2 Å². The molecule has 0 aliphatic rings. The highest BCUT2D eigenvalue weighted by Gasteiger charge is 2.12. The summed E-state index contributed by atoms with van der Waals surface area (Å²) in [6.07, 6.45) is 3.52. The molecule has 0 aliphatic carbocycles. The molecule has 1 unspecified atom stereocenters. The lowest BCUT2D eigenvalue weighted by molar-refractivity contribution is 0.598. The smallest absolute Gasteiger partial charge is 0.0576 e. The summed E-state index contributed by atoms with van der Waals surface area (Å²) in [5.74, 6) is 0. The first kappa shape index (κ1) is 14.8. The molecule has 20 heavy (non-hydrogen) atoms. The minimum atomic E-state index is 0.298. The lowest BCUT2D eigenvalue weighted by Gasteiger charge is -2.20. The van der Waals surface area contributed by atoms with Gasteiger partial charge in [0, 0.05) is 0 Å². The third-order valence-electron chi connectivity index (χ3n) is 3.58. The van der Waals surface area contributed by atoms with Gasteiger partial charge in [-0.05, 0) is 36.1 Å². The highest BCUT2D eigenvalue weighted by molar-refractivity contribution is 5.33. The van der Waals surface area contributed by atoms with Gasteiger partial charge >= 0.3 is 0 Å². The van der Waals surface area contributed by atoms with Crippen LogP contribution in [0.4, 0.5) is 0 Å². The Morgan fingerprint density at radius 3 is 2.05 bits per heavy atom. The molecule has 0 saturated carbocycles. The Hall–Kier alpha value is -1.60. The molecule has 2 rings (SSSR count). The van der Waals surface area contributed by atoms with E-state index in [1.807, 2.05) is 0 Å². The first-order valence-corrected chi connectivity index (χ1v) is 7.72. The van der Waals surface area contributed by atoms with Crippen LogP contribution in [0.25, 0.3) is 0 Å². The van der Waals surface area contributed by atoms with Gasteiger partial charge in [-0.15, -0.1) is 0 Å². The van der Waals surface area contributed by atoms with Crippen LogP contribution in [0.1, 0.15) is 49.4 Å². The lowest BCUT2D eigenvalue weighted by atomic mass is 9.97. The molecule has 0 fully saturated rings. The predicted octanol–water partition coefficient (Wildman–Crippen LogP) is 4.73. The normalized spacial score (nSPS) is 12.3. The zero-order valence-electron chi connectivity index (χ0n) is 12.6. The fourth-order valence-electron chi connectivity index (χ4n) is 2.53. The van der Waals surface area contributed by atoms with Crippen LogP contribution in [0, 0.1) is 0 Å². The van der Waals surface area contributed by atoms with Gasteiger partial charge in [-0.25, -0.2) is 0 Å². The fraction of sp³-hybridized carbons (Fsp3) is 0.368. The molecule has 106 valence electrons. The summed E-state index contributed by atoms with van der Waals surface area (Å²) >= 11 is 0. The van der Waals surface area contributed by atoms with Crippen LogP contribution in [0.3, 0.4) is 0 Å². The zero-order chi connectivity index (χ0) is 14.2. The van der Waals surface area contributed by atoms with Gasteiger partial charge in [0.05, 0.1) is 6.04 Å². The summed E-state index contributed by atoms with van der Waals surface area (Å²) in [5, 5.41) is 3.65. The quantitative estimate of drug-likeness (QED) is 0.765. The highest BCUT2D eigenvalue weighted by atomic mass is 14.9. The number of hydrogen-bond acceptors (Lipinski definition) is 1. The molecule has 0 radical (unpaired) electrons. The molecule has 1 heteroatoms. The average Bonchev–Trinajstić information content (AvgIpc) is 2.51. The molecular weight excluding hydrogens is 242 g/mol. The summed E-state index contributed by atoms with van der Waals surface area (Å²) in [4.78, 5) is 0. The van der Waals surface area contributed by atoms with Crippen LogP contribution >= 0.6 is 0 Å². The second kappa shape index (κ2) is 7.86. The molecule has 0 bridgehead atoms. The van der Waals surface area contributed by atoms with E-state index in [1.54, 1.807) is 0 Å². The summed E-state index contributed by atoms with van der Waals surface area (Å²) in [5.41, 5.74) is 4.12. The van der Waals surface area contributed by atoms with Crippen molar-refractivity contribution in [3.8, 4) is 0 Å². The lowest BCUT2D eigenvalue weighted by Crippen LogP contribution is -2.23. The maximum absolute atomic E-state index is 3.65. The van der Waals surface area contributed by atoms with Crippen LogP contribution in [-0.2, 0) is 6.42 Å². The van der Waals surface area contributed by atoms with Crippen molar-refractivity contribution >= 4 is 0 Å². The van der Waals surface area contributed by atoms with Crippen molar-refractivity contribution in [3.63, 3.8) is 0 Å². The van der Waals surface area contributed by atoms with Crippen molar-refractivity contribution in [1.82, 2.24) is 5.32 Å². The molecule has 0 saturated heterocycles. The van der Waals surface area contributed by atoms with E-state index in [2.05, 4.69) is 73.8 Å². The van der Waals surface area contributed by atoms with Gasteiger partial charge in [-0.2, -0.15) is 0 Å². The standard InChI is InChI=1S/C19H25N/c1-3-8-16-11-13-18(14-12-16)19(20-15-4-2)17-9-6-5-7-10-17/h5-7,9-14,19-20H,3-4,8,15H2,1-2H3. The molecule has 0 heterocycles. The van der Waals surface area contributed by atoms with Gasteiger partial charge in [0.2, 0.25) is 0 Å². The fourth-order valence-corrected chi connectivity index (χ4v) is 2.53. The number of nitrogens with one attached hydrogen (secondary N) is 1. The Morgan fingerprint density at radius 2 is 1.45 bits per heavy atom. The molecule has 0 aromatic heterocycles. The van der Waals surface area contributed by atoms with E-state index >= 15 is 0 Å². The van der Waals surface area contributed by atoms with Crippen LogP contribution in [-0.4, -0.2) is 6.54 Å². The maximum Gasteiger partial charge on any atom is 0.0576 e. The van der Waals surface area contributed by atoms with Crippen molar-refractivity contribution in [2.24, 2.45) is 0 Å². The van der Waals surface area contributed by atoms with E-state index in [1.165, 1.54) is 29.5 Å². The van der Waals surface area contributed by atoms with Gasteiger partial charge in [-0.3, -0.25) is 0 Å². The molecule has 0 spiro atoms. The zero-order valence-corrected chi connectivity index (χ0v) is 12.6. The SMILES string of the molecule is CCCNC(c1ccccc1)c1ccc(CCC)cc1. The molecule has 0 aliphatic heterocycles. The summed E-state index contributed by atoms with van der Waals surface area (Å²) in [6.45, 7) is 5.47. The number of benzene rings is 2. The van der Waals surface area contributed by atoms with Gasteiger partial charge < -0.3 is 5.32 Å². The highest BCUT2D eigenvalue weighted by Crippen LogP contribution is 2.22. The first-order chi connectivity index (χ1) is 9.85. The van der Waals surface area contributed by atoms with E-state index in [9.17, 15) is 0 Å². The Kier molecular flexibility index (Phi) is 5.82. The van der Waals surface area contributed by atoms with Crippen molar-refractivity contribution in [3.05, 3.63) is 71.3 Å². The third kappa shape index (κ3) is 3.94. The molecule has 2 aromatic carbocycles. The predicted molar refractivity (Wildman–Crippen MR) is 87.0 cm³/mol. The molecule has 1 N–H and O–H groups in total. The second-order valence-electron chi connectivity index (χ2n) is 5.29. The van der Waals surface area contributed by atoms with Crippen LogP contribution in [0.2, 0.25) is 0 Å². The van der Waals surface area contributed by atoms with Gasteiger partial charge in [0.25, 0.3) is 0 Å². The average molecular weight is 267 g/mol. The summed E-state index contributed by atoms with van der Waals surface area (Å²) in [6, 6.07) is 20.1. The van der Waals surface area contributed by atoms with E-state index in [4.69, 9.17) is 0 Å². The minimum Gasteiger partial charge on any atom is -0.306 e. The Labute approximate surface area is 123 Å². The molecule has 1 atom stereocenters. The minimum absolute atomic E-state index is 0.298. The van der Waals surface area contributed by atoms with E-state index in [0.717, 1.165) is 13.0 Å². The Balaban J connectivity index is 2.22. The topological polar surface area (TPSA) is 12.0 Å². The van der Waals surface area contributed by atoms with Crippen molar-refractivity contribution < 1.29 is 0 Å². The van der Waals surface area contributed by atoms with Crippen LogP contribution in [0.15, 0.2) is 54.6 Å². The van der Waals surface area contributed by atoms with Gasteiger partial charge in [0.15, 0.2) is 0 Å². The maximum atomic E-state index is 3.65. The Bertz CT molecular complexity index is 487. The monoisotopic (exact) mass is 267 g/mol. The van der Waals surface area contributed by atoms with Gasteiger partial charge in [-0.1, -0.05) is 74.9 Å². The second-order valence-corrected chi connectivity index (χ2v) is 5.29. The number of aryl methyl sites for hydroxylation is 1. The molecule has 1 nitrogen and oxygen atoms in total. The van der Waals surface area contributed by atoms with E-state index in [0.29, 0.717) is 6.04 Å². The number of rotatable bonds is 7. The molecular formula is C19H25N. The number of hydrogen-bond donors (Lipinski definition) is 1. The summed E-state index contributed by atoms with van der Waals surface area (Å²) in [7, 11) is 0. The van der Waals surface area contributed by atoms with Crippen LogP contribution in [0.5, 0.6) is 0 Å². The Morgan fingerprint density at radius 1 is 0.800 bits per heavy atom. The first-order valence-electron chi connectivity index (χ1n) is 7.72. The van der Waals surface area contributed by atoms with Crippen molar-refractivity contribution in [2.75, 3.05) is 6.54 Å².